The van der Waals surface area contributed by atoms with E-state index in [1.807, 2.05) is 0 Å². The third-order valence-electron chi connectivity index (χ3n) is 14.0. The van der Waals surface area contributed by atoms with E-state index in [0.717, 1.165) is 109 Å². The van der Waals surface area contributed by atoms with Gasteiger partial charge in [-0.15, -0.1) is 0 Å². The lowest BCUT2D eigenvalue weighted by atomic mass is 10.1. The summed E-state index contributed by atoms with van der Waals surface area (Å²) in [7, 11) is 0. The van der Waals surface area contributed by atoms with Crippen LogP contribution in [0.5, 0.6) is 0 Å². The fraction of sp³-hybridized carbons (Fsp3) is 0.732. The minimum atomic E-state index is -0.788. The van der Waals surface area contributed by atoms with Gasteiger partial charge in [0, 0.05) is 19.3 Å². The van der Waals surface area contributed by atoms with E-state index in [4.69, 9.17) is 14.2 Å². The SMILES string of the molecule is CC/C=C\C/C=C\C/C=C\C/C=C\C/C=C\CCCCCCCCCCCC(=O)OCC(COC(=O)CCCCCCC/C=C\CCCCCC)OC(=O)CCCCCCCCCCC/C=C\C/C=C\CCCCCCC. The molecule has 0 radical (unpaired) electrons. The molecule has 0 fully saturated rings. The first-order valence-electron chi connectivity index (χ1n) is 32.7. The van der Waals surface area contributed by atoms with Gasteiger partial charge in [-0.3, -0.25) is 14.4 Å². The van der Waals surface area contributed by atoms with Gasteiger partial charge in [-0.1, -0.05) is 272 Å². The second-order valence-electron chi connectivity index (χ2n) is 21.6. The molecule has 0 aromatic carbocycles. The lowest BCUT2D eigenvalue weighted by Crippen LogP contribution is -2.30. The smallest absolute Gasteiger partial charge is 0.306 e. The first-order valence-corrected chi connectivity index (χ1v) is 32.7. The van der Waals surface area contributed by atoms with Gasteiger partial charge in [0.15, 0.2) is 6.10 Å². The molecule has 0 spiro atoms. The van der Waals surface area contributed by atoms with Crippen LogP contribution in [0.2, 0.25) is 0 Å². The second kappa shape index (κ2) is 64.9. The molecule has 0 amide bonds. The van der Waals surface area contributed by atoms with Crippen LogP contribution in [-0.4, -0.2) is 37.2 Å². The third kappa shape index (κ3) is 63.0. The van der Waals surface area contributed by atoms with Crippen molar-refractivity contribution in [2.24, 2.45) is 0 Å². The zero-order valence-electron chi connectivity index (χ0n) is 50.7. The summed E-state index contributed by atoms with van der Waals surface area (Å²) in [5.41, 5.74) is 0. The van der Waals surface area contributed by atoms with Crippen molar-refractivity contribution in [2.45, 2.75) is 322 Å². The standard InChI is InChI=1S/C71H122O6/c1-4-7-10-13-16-19-22-25-27-29-31-33-34-35-36-38-39-41-43-46-49-52-55-58-61-64-70(73)76-67-68(66-75-69(72)63-60-57-54-51-48-45-24-21-18-15-12-9-6-3)77-71(74)65-62-59-56-53-50-47-44-42-40-37-32-30-28-26-23-20-17-14-11-8-5-2/h7,10,16,19,21,23-27,30-33,35-36,68H,4-6,8-9,11-15,17-18,20,22,28-29,34,37-67H2,1-3H3/b10-7-,19-16-,24-21-,26-23-,27-25-,32-30-,33-31-,36-35-. The average molecular weight is 1070 g/mol. The summed E-state index contributed by atoms with van der Waals surface area (Å²) in [4.78, 5) is 38.3. The van der Waals surface area contributed by atoms with Crippen LogP contribution in [-0.2, 0) is 28.6 Å². The number of allylic oxidation sites excluding steroid dienone is 16. The van der Waals surface area contributed by atoms with E-state index >= 15 is 0 Å². The highest BCUT2D eigenvalue weighted by molar-refractivity contribution is 5.71. The van der Waals surface area contributed by atoms with Gasteiger partial charge in [-0.05, 0) is 122 Å². The van der Waals surface area contributed by atoms with E-state index in [0.29, 0.717) is 19.3 Å². The fourth-order valence-electron chi connectivity index (χ4n) is 9.14. The van der Waals surface area contributed by atoms with Crippen molar-refractivity contribution < 1.29 is 28.6 Å². The van der Waals surface area contributed by atoms with Gasteiger partial charge >= 0.3 is 17.9 Å². The first-order chi connectivity index (χ1) is 38.0. The molecule has 6 nitrogen and oxygen atoms in total. The number of ether oxygens (including phenoxy) is 3. The van der Waals surface area contributed by atoms with Crippen molar-refractivity contribution in [1.29, 1.82) is 0 Å². The van der Waals surface area contributed by atoms with Gasteiger partial charge in [0.2, 0.25) is 0 Å². The van der Waals surface area contributed by atoms with Crippen molar-refractivity contribution in [2.75, 3.05) is 13.2 Å². The Balaban J connectivity index is 4.34. The summed E-state index contributed by atoms with van der Waals surface area (Å²) in [6, 6.07) is 0. The number of carbonyl (C=O) groups is 3. The Kier molecular flexibility index (Phi) is 61.8. The summed E-state index contributed by atoms with van der Waals surface area (Å²) in [6.07, 6.45) is 86.9. The van der Waals surface area contributed by atoms with Crippen LogP contribution >= 0.6 is 0 Å². The second-order valence-corrected chi connectivity index (χ2v) is 21.6. The van der Waals surface area contributed by atoms with E-state index in [2.05, 4.69) is 118 Å². The third-order valence-corrected chi connectivity index (χ3v) is 14.0. The highest BCUT2D eigenvalue weighted by Crippen LogP contribution is 2.16. The molecule has 1 unspecified atom stereocenters. The molecule has 0 rings (SSSR count). The molecule has 0 aromatic heterocycles. The highest BCUT2D eigenvalue weighted by Gasteiger charge is 2.19. The lowest BCUT2D eigenvalue weighted by Gasteiger charge is -2.18. The van der Waals surface area contributed by atoms with Gasteiger partial charge < -0.3 is 14.2 Å². The Morgan fingerprint density at radius 3 is 0.818 bits per heavy atom. The average Bonchev–Trinajstić information content (AvgIpc) is 3.43. The number of rotatable bonds is 59. The van der Waals surface area contributed by atoms with Crippen LogP contribution in [0.1, 0.15) is 316 Å². The molecule has 6 heteroatoms. The van der Waals surface area contributed by atoms with E-state index in [1.54, 1.807) is 0 Å². The predicted octanol–water partition coefficient (Wildman–Crippen LogP) is 22.4. The molecule has 77 heavy (non-hydrogen) atoms. The van der Waals surface area contributed by atoms with Gasteiger partial charge in [-0.2, -0.15) is 0 Å². The van der Waals surface area contributed by atoms with Crippen molar-refractivity contribution in [3.05, 3.63) is 97.2 Å². The van der Waals surface area contributed by atoms with Gasteiger partial charge in [0.25, 0.3) is 0 Å². The molecular weight excluding hydrogens is 949 g/mol. The number of hydrogen-bond acceptors (Lipinski definition) is 6. The first kappa shape index (κ1) is 73.3. The van der Waals surface area contributed by atoms with E-state index in [-0.39, 0.29) is 31.1 Å². The molecule has 0 saturated carbocycles. The molecule has 0 aliphatic rings. The molecule has 1 atom stereocenters. The zero-order chi connectivity index (χ0) is 55.7. The van der Waals surface area contributed by atoms with Gasteiger partial charge in [0.1, 0.15) is 13.2 Å². The van der Waals surface area contributed by atoms with Crippen molar-refractivity contribution in [3.8, 4) is 0 Å². The molecule has 0 N–H and O–H groups in total. The van der Waals surface area contributed by atoms with E-state index in [9.17, 15) is 14.4 Å². The van der Waals surface area contributed by atoms with Crippen LogP contribution in [0.15, 0.2) is 97.2 Å². The minimum absolute atomic E-state index is 0.0843. The number of hydrogen-bond donors (Lipinski definition) is 0. The fourth-order valence-corrected chi connectivity index (χ4v) is 9.14. The molecule has 0 saturated heterocycles. The summed E-state index contributed by atoms with van der Waals surface area (Å²) < 4.78 is 16.9. The summed E-state index contributed by atoms with van der Waals surface area (Å²) in [6.45, 7) is 6.51. The number of unbranched alkanes of at least 4 members (excludes halogenated alkanes) is 32. The zero-order valence-corrected chi connectivity index (χ0v) is 50.7. The Morgan fingerprint density at radius 2 is 0.506 bits per heavy atom. The molecule has 0 bridgehead atoms. The minimum Gasteiger partial charge on any atom is -0.462 e. The maximum atomic E-state index is 12.9. The van der Waals surface area contributed by atoms with Crippen LogP contribution in [0.25, 0.3) is 0 Å². The van der Waals surface area contributed by atoms with Crippen molar-refractivity contribution in [3.63, 3.8) is 0 Å². The van der Waals surface area contributed by atoms with Crippen LogP contribution in [0.3, 0.4) is 0 Å². The van der Waals surface area contributed by atoms with Crippen LogP contribution < -0.4 is 0 Å². The monoisotopic (exact) mass is 1070 g/mol. The molecule has 0 aliphatic carbocycles. The molecule has 0 aliphatic heterocycles. The largest absolute Gasteiger partial charge is 0.462 e. The van der Waals surface area contributed by atoms with Gasteiger partial charge in [-0.25, -0.2) is 0 Å². The molecule has 0 aromatic rings. The quantitative estimate of drug-likeness (QED) is 0.0261. The predicted molar refractivity (Wildman–Crippen MR) is 334 cm³/mol. The Bertz CT molecular complexity index is 1510. The maximum absolute atomic E-state index is 12.9. The summed E-state index contributed by atoms with van der Waals surface area (Å²) >= 11 is 0. The summed E-state index contributed by atoms with van der Waals surface area (Å²) in [5.74, 6) is -0.892. The van der Waals surface area contributed by atoms with Crippen LogP contribution in [0, 0.1) is 0 Å². The van der Waals surface area contributed by atoms with E-state index in [1.165, 1.54) is 167 Å². The van der Waals surface area contributed by atoms with Crippen LogP contribution in [0.4, 0.5) is 0 Å². The number of carbonyl (C=O) groups excluding carboxylic acids is 3. The lowest BCUT2D eigenvalue weighted by molar-refractivity contribution is -0.167. The normalized spacial score (nSPS) is 12.7. The number of esters is 3. The molecular formula is C71H122O6. The van der Waals surface area contributed by atoms with E-state index < -0.39 is 6.10 Å². The molecule has 0 heterocycles. The van der Waals surface area contributed by atoms with Crippen molar-refractivity contribution >= 4 is 17.9 Å². The maximum Gasteiger partial charge on any atom is 0.306 e. The Labute approximate surface area is 477 Å². The van der Waals surface area contributed by atoms with Gasteiger partial charge in [0.05, 0.1) is 0 Å². The Hall–Kier alpha value is -3.67. The van der Waals surface area contributed by atoms with Crippen molar-refractivity contribution in [1.82, 2.24) is 0 Å². The topological polar surface area (TPSA) is 78.9 Å². The highest BCUT2D eigenvalue weighted by atomic mass is 16.6. The summed E-state index contributed by atoms with van der Waals surface area (Å²) in [5, 5.41) is 0. The Morgan fingerprint density at radius 1 is 0.273 bits per heavy atom. The molecule has 442 valence electrons.